The highest BCUT2D eigenvalue weighted by atomic mass is 32.2. The van der Waals surface area contributed by atoms with Crippen LogP contribution >= 0.6 is 10.9 Å². The molecule has 1 saturated carbocycles. The van der Waals surface area contributed by atoms with Crippen LogP contribution < -0.4 is 0 Å². The molecule has 0 amide bonds. The smallest absolute Gasteiger partial charge is 0.00150 e. The SMILES string of the molecule is C1=C[SH](C2CCCCC2)C(c2ccccc2)=C1. The standard InChI is InChI=1S/C16H20S/c1-3-8-14(9-4-1)16-12-7-13-17(16)15-10-5-2-6-11-15/h1,3-4,7-9,12-13,15,17H,2,5-6,10-11H2. The van der Waals surface area contributed by atoms with Gasteiger partial charge in [-0.15, -0.1) is 0 Å². The molecule has 1 aliphatic heterocycles. The van der Waals surface area contributed by atoms with Crippen molar-refractivity contribution in [3.05, 3.63) is 53.5 Å². The van der Waals surface area contributed by atoms with Crippen molar-refractivity contribution in [2.24, 2.45) is 0 Å². The number of benzene rings is 1. The van der Waals surface area contributed by atoms with E-state index < -0.39 is 0 Å². The highest BCUT2D eigenvalue weighted by Gasteiger charge is 2.23. The normalized spacial score (nSPS) is 27.1. The van der Waals surface area contributed by atoms with E-state index in [0.29, 0.717) is 0 Å². The molecule has 1 aromatic carbocycles. The van der Waals surface area contributed by atoms with E-state index in [1.54, 1.807) is 4.91 Å². The van der Waals surface area contributed by atoms with E-state index in [9.17, 15) is 0 Å². The van der Waals surface area contributed by atoms with Crippen LogP contribution in [0.4, 0.5) is 0 Å². The summed E-state index contributed by atoms with van der Waals surface area (Å²) in [6.07, 6.45) is 11.9. The van der Waals surface area contributed by atoms with Gasteiger partial charge in [-0.25, -0.2) is 10.9 Å². The van der Waals surface area contributed by atoms with Gasteiger partial charge in [0.25, 0.3) is 0 Å². The molecule has 0 saturated heterocycles. The second-order valence-corrected chi connectivity index (χ2v) is 7.28. The van der Waals surface area contributed by atoms with Crippen molar-refractivity contribution in [1.29, 1.82) is 0 Å². The van der Waals surface area contributed by atoms with Gasteiger partial charge >= 0.3 is 0 Å². The van der Waals surface area contributed by atoms with Crippen molar-refractivity contribution in [3.8, 4) is 0 Å². The van der Waals surface area contributed by atoms with Gasteiger partial charge in [-0.1, -0.05) is 55.7 Å². The predicted octanol–water partition coefficient (Wildman–Crippen LogP) is 4.89. The van der Waals surface area contributed by atoms with Gasteiger partial charge in [0.15, 0.2) is 0 Å². The third-order valence-corrected chi connectivity index (χ3v) is 6.58. The van der Waals surface area contributed by atoms with Gasteiger partial charge in [-0.3, -0.25) is 0 Å². The summed E-state index contributed by atoms with van der Waals surface area (Å²) in [5, 5.41) is 3.43. The minimum absolute atomic E-state index is 0.0224. The van der Waals surface area contributed by atoms with E-state index >= 15 is 0 Å². The molecule has 1 fully saturated rings. The zero-order valence-electron chi connectivity index (χ0n) is 10.2. The Bertz CT molecular complexity index is 424. The molecular formula is C16H20S. The van der Waals surface area contributed by atoms with E-state index in [1.165, 1.54) is 37.7 Å². The number of hydrogen-bond acceptors (Lipinski definition) is 0. The van der Waals surface area contributed by atoms with E-state index in [1.807, 2.05) is 0 Å². The Morgan fingerprint density at radius 3 is 2.47 bits per heavy atom. The summed E-state index contributed by atoms with van der Waals surface area (Å²) in [5.74, 6) is 0. The lowest BCUT2D eigenvalue weighted by Crippen LogP contribution is -2.11. The van der Waals surface area contributed by atoms with Crippen LogP contribution in [0.3, 0.4) is 0 Å². The maximum absolute atomic E-state index is 2.48. The fourth-order valence-electron chi connectivity index (χ4n) is 2.93. The molecule has 0 aromatic heterocycles. The molecule has 0 nitrogen and oxygen atoms in total. The maximum Gasteiger partial charge on any atom is -0.00150 e. The van der Waals surface area contributed by atoms with Crippen LogP contribution in [0, 0.1) is 0 Å². The van der Waals surface area contributed by atoms with Crippen molar-refractivity contribution in [2.75, 3.05) is 0 Å². The number of hydrogen-bond donors (Lipinski definition) is 1. The third-order valence-electron chi connectivity index (χ3n) is 3.82. The van der Waals surface area contributed by atoms with E-state index in [2.05, 4.69) is 47.9 Å². The van der Waals surface area contributed by atoms with Crippen LogP contribution in [0.1, 0.15) is 37.7 Å². The quantitative estimate of drug-likeness (QED) is 0.704. The number of rotatable bonds is 2. The number of allylic oxidation sites excluding steroid dienone is 2. The highest BCUT2D eigenvalue weighted by molar-refractivity contribution is 8.28. The summed E-state index contributed by atoms with van der Waals surface area (Å²) in [4.78, 5) is 1.60. The molecule has 0 N–H and O–H groups in total. The van der Waals surface area contributed by atoms with Crippen molar-refractivity contribution < 1.29 is 0 Å². The molecule has 0 radical (unpaired) electrons. The lowest BCUT2D eigenvalue weighted by atomic mass is 10.0. The summed E-state index contributed by atoms with van der Waals surface area (Å²) in [7, 11) is -0.0224. The molecule has 17 heavy (non-hydrogen) atoms. The monoisotopic (exact) mass is 244 g/mol. The van der Waals surface area contributed by atoms with Crippen LogP contribution in [0.5, 0.6) is 0 Å². The van der Waals surface area contributed by atoms with E-state index in [4.69, 9.17) is 0 Å². The summed E-state index contributed by atoms with van der Waals surface area (Å²) in [5.41, 5.74) is 1.44. The molecule has 1 aromatic rings. The summed E-state index contributed by atoms with van der Waals surface area (Å²) in [6, 6.07) is 10.9. The predicted molar refractivity (Wildman–Crippen MR) is 79.4 cm³/mol. The first-order valence-corrected chi connectivity index (χ1v) is 8.15. The molecule has 1 heterocycles. The topological polar surface area (TPSA) is 0 Å². The molecule has 0 spiro atoms. The molecule has 3 rings (SSSR count). The largest absolute Gasteiger partial charge is 0.203 e. The Labute approximate surface area is 107 Å². The van der Waals surface area contributed by atoms with Gasteiger partial charge in [-0.2, -0.15) is 0 Å². The lowest BCUT2D eigenvalue weighted by Gasteiger charge is -2.31. The molecule has 1 atom stereocenters. The zero-order valence-corrected chi connectivity index (χ0v) is 11.1. The lowest BCUT2D eigenvalue weighted by molar-refractivity contribution is 0.516. The second-order valence-electron chi connectivity index (χ2n) is 4.96. The average molecular weight is 244 g/mol. The molecular weight excluding hydrogens is 224 g/mol. The van der Waals surface area contributed by atoms with Gasteiger partial charge in [0, 0.05) is 0 Å². The molecule has 1 heteroatoms. The van der Waals surface area contributed by atoms with E-state index in [0.717, 1.165) is 5.25 Å². The van der Waals surface area contributed by atoms with Crippen LogP contribution in [-0.2, 0) is 0 Å². The van der Waals surface area contributed by atoms with Gasteiger partial charge in [0.05, 0.1) is 0 Å². The van der Waals surface area contributed by atoms with Crippen LogP contribution in [0.2, 0.25) is 0 Å². The first-order chi connectivity index (χ1) is 8.45. The second kappa shape index (κ2) is 5.14. The Morgan fingerprint density at radius 1 is 0.941 bits per heavy atom. The van der Waals surface area contributed by atoms with Gasteiger partial charge < -0.3 is 0 Å². The minimum atomic E-state index is -0.0224. The van der Waals surface area contributed by atoms with Crippen LogP contribution in [0.25, 0.3) is 4.91 Å². The number of thiol groups is 1. The van der Waals surface area contributed by atoms with Crippen LogP contribution in [-0.4, -0.2) is 5.25 Å². The Hall–Kier alpha value is -0.950. The first-order valence-electron chi connectivity index (χ1n) is 6.67. The van der Waals surface area contributed by atoms with Gasteiger partial charge in [0.2, 0.25) is 0 Å². The fraction of sp³-hybridized carbons (Fsp3) is 0.375. The Balaban J connectivity index is 1.81. The van der Waals surface area contributed by atoms with Crippen molar-refractivity contribution in [3.63, 3.8) is 0 Å². The fourth-order valence-corrected chi connectivity index (χ4v) is 5.62. The average Bonchev–Trinajstić information content (AvgIpc) is 2.90. The maximum atomic E-state index is 2.48. The summed E-state index contributed by atoms with van der Waals surface area (Å²) >= 11 is 0. The summed E-state index contributed by atoms with van der Waals surface area (Å²) in [6.45, 7) is 0. The van der Waals surface area contributed by atoms with Crippen molar-refractivity contribution >= 4 is 15.8 Å². The molecule has 90 valence electrons. The molecule has 0 bridgehead atoms. The molecule has 2 aliphatic rings. The van der Waals surface area contributed by atoms with Crippen molar-refractivity contribution in [1.82, 2.24) is 0 Å². The first kappa shape index (κ1) is 11.2. The third kappa shape index (κ3) is 2.35. The van der Waals surface area contributed by atoms with Crippen LogP contribution in [0.15, 0.2) is 47.9 Å². The highest BCUT2D eigenvalue weighted by Crippen LogP contribution is 2.54. The Kier molecular flexibility index (Phi) is 3.37. The summed E-state index contributed by atoms with van der Waals surface area (Å²) < 4.78 is 0. The van der Waals surface area contributed by atoms with Gasteiger partial charge in [0.1, 0.15) is 0 Å². The van der Waals surface area contributed by atoms with Crippen molar-refractivity contribution in [2.45, 2.75) is 37.4 Å². The minimum Gasteiger partial charge on any atom is -0.203 e. The van der Waals surface area contributed by atoms with Gasteiger partial charge in [-0.05, 0) is 40.0 Å². The zero-order chi connectivity index (χ0) is 11.5. The van der Waals surface area contributed by atoms with E-state index in [-0.39, 0.29) is 10.9 Å². The molecule has 1 aliphatic carbocycles. The Morgan fingerprint density at radius 2 is 1.71 bits per heavy atom. The molecule has 1 unspecified atom stereocenters.